The van der Waals surface area contributed by atoms with Crippen LogP contribution in [0.4, 0.5) is 0 Å². The van der Waals surface area contributed by atoms with Gasteiger partial charge in [-0.05, 0) is 19.3 Å². The van der Waals surface area contributed by atoms with Gasteiger partial charge in [0.1, 0.15) is 19.3 Å². The van der Waals surface area contributed by atoms with Crippen molar-refractivity contribution in [3.8, 4) is 0 Å². The molecule has 47 heavy (non-hydrogen) atoms. The summed E-state index contributed by atoms with van der Waals surface area (Å²) in [6, 6.07) is 0. The molecule has 8 nitrogen and oxygen atoms in total. The lowest BCUT2D eigenvalue weighted by Crippen LogP contribution is -2.30. The van der Waals surface area contributed by atoms with Crippen LogP contribution in [0, 0.1) is 0 Å². The molecule has 0 bridgehead atoms. The van der Waals surface area contributed by atoms with Crippen molar-refractivity contribution in [2.45, 2.75) is 187 Å². The highest BCUT2D eigenvalue weighted by molar-refractivity contribution is 7.99. The third-order valence-electron chi connectivity index (χ3n) is 8.43. The van der Waals surface area contributed by atoms with Crippen LogP contribution >= 0.6 is 11.8 Å². The van der Waals surface area contributed by atoms with E-state index in [0.29, 0.717) is 24.3 Å². The fourth-order valence-electron chi connectivity index (χ4n) is 5.47. The number of carbonyl (C=O) groups excluding carboxylic acids is 4. The van der Waals surface area contributed by atoms with Gasteiger partial charge >= 0.3 is 17.9 Å². The zero-order valence-corrected chi connectivity index (χ0v) is 31.4. The highest BCUT2D eigenvalue weighted by atomic mass is 32.2. The van der Waals surface area contributed by atoms with Crippen LogP contribution < -0.4 is 5.32 Å². The molecular formula is C38H71NO7S. The van der Waals surface area contributed by atoms with Gasteiger partial charge < -0.3 is 19.5 Å². The Labute approximate surface area is 292 Å². The number of ether oxygens (including phenoxy) is 3. The van der Waals surface area contributed by atoms with E-state index in [4.69, 9.17) is 9.47 Å². The number of unbranched alkanes of at least 4 members (excludes halogenated alkanes) is 20. The second-order valence-electron chi connectivity index (χ2n) is 12.9. The van der Waals surface area contributed by atoms with E-state index in [2.05, 4.69) is 23.9 Å². The fourth-order valence-corrected chi connectivity index (χ4v) is 6.21. The molecule has 0 unspecified atom stereocenters. The molecule has 1 atom stereocenters. The quantitative estimate of drug-likeness (QED) is 0.0399. The van der Waals surface area contributed by atoms with Crippen molar-refractivity contribution in [3.05, 3.63) is 0 Å². The Morgan fingerprint density at radius 3 is 1.57 bits per heavy atom. The highest BCUT2D eigenvalue weighted by Gasteiger charge is 2.19. The van der Waals surface area contributed by atoms with Crippen LogP contribution in [0.5, 0.6) is 0 Å². The Morgan fingerprint density at radius 2 is 1.06 bits per heavy atom. The summed E-state index contributed by atoms with van der Waals surface area (Å²) in [5.41, 5.74) is 0. The Kier molecular flexibility index (Phi) is 34.2. The normalized spacial score (nSPS) is 11.6. The summed E-state index contributed by atoms with van der Waals surface area (Å²) >= 11 is 1.50. The number of methoxy groups -OCH3 is 1. The van der Waals surface area contributed by atoms with Crippen molar-refractivity contribution in [3.63, 3.8) is 0 Å². The first-order chi connectivity index (χ1) is 22.9. The summed E-state index contributed by atoms with van der Waals surface area (Å²) in [4.78, 5) is 48.1. The average molecular weight is 686 g/mol. The molecule has 0 radical (unpaired) electrons. The van der Waals surface area contributed by atoms with E-state index < -0.39 is 12.1 Å². The van der Waals surface area contributed by atoms with Gasteiger partial charge in [-0.25, -0.2) is 0 Å². The van der Waals surface area contributed by atoms with Crippen molar-refractivity contribution in [1.29, 1.82) is 0 Å². The zero-order chi connectivity index (χ0) is 34.6. The van der Waals surface area contributed by atoms with Crippen LogP contribution in [0.3, 0.4) is 0 Å². The lowest BCUT2D eigenvalue weighted by atomic mass is 10.0. The van der Waals surface area contributed by atoms with E-state index in [1.54, 1.807) is 0 Å². The molecule has 0 heterocycles. The first-order valence-electron chi connectivity index (χ1n) is 19.2. The maximum Gasteiger partial charge on any atom is 0.325 e. The van der Waals surface area contributed by atoms with Crippen molar-refractivity contribution in [2.75, 3.05) is 31.8 Å². The monoisotopic (exact) mass is 685 g/mol. The minimum Gasteiger partial charge on any atom is -0.468 e. The molecule has 0 spiro atoms. The molecule has 1 N–H and O–H groups in total. The summed E-state index contributed by atoms with van der Waals surface area (Å²) in [5, 5.41) is 2.50. The topological polar surface area (TPSA) is 108 Å². The molecule has 0 aliphatic carbocycles. The lowest BCUT2D eigenvalue weighted by molar-refractivity contribution is -0.155. The van der Waals surface area contributed by atoms with E-state index in [1.807, 2.05) is 0 Å². The van der Waals surface area contributed by atoms with Crippen LogP contribution in [0.15, 0.2) is 0 Å². The van der Waals surface area contributed by atoms with Gasteiger partial charge in [-0.15, -0.1) is 0 Å². The molecule has 0 saturated carbocycles. The minimum absolute atomic E-state index is 0.0853. The summed E-state index contributed by atoms with van der Waals surface area (Å²) in [7, 11) is 1.27. The molecule has 0 aromatic carbocycles. The van der Waals surface area contributed by atoms with Gasteiger partial charge in [0.05, 0.1) is 13.5 Å². The SMILES string of the molecule is CCCCCCCCCCCCCCCC(=O)O[C@H](CCCCCCCCCCC)CC(=O)OCCSCCC(=O)NCC(=O)OC. The molecule has 0 aromatic heterocycles. The summed E-state index contributed by atoms with van der Waals surface area (Å²) in [6.07, 6.45) is 28.3. The predicted octanol–water partition coefficient (Wildman–Crippen LogP) is 9.65. The van der Waals surface area contributed by atoms with E-state index >= 15 is 0 Å². The molecule has 0 fully saturated rings. The second-order valence-corrected chi connectivity index (χ2v) is 14.1. The fraction of sp³-hybridized carbons (Fsp3) is 0.895. The molecule has 0 rings (SSSR count). The third kappa shape index (κ3) is 33.9. The zero-order valence-electron chi connectivity index (χ0n) is 30.6. The number of amides is 1. The highest BCUT2D eigenvalue weighted by Crippen LogP contribution is 2.17. The molecule has 276 valence electrons. The smallest absolute Gasteiger partial charge is 0.325 e. The van der Waals surface area contributed by atoms with Crippen LogP contribution in [-0.2, 0) is 33.4 Å². The number of carbonyl (C=O) groups is 4. The molecule has 0 aliphatic rings. The van der Waals surface area contributed by atoms with Crippen molar-refractivity contribution in [1.82, 2.24) is 5.32 Å². The molecule has 0 aromatic rings. The Bertz CT molecular complexity index is 764. The number of esters is 3. The summed E-state index contributed by atoms with van der Waals surface area (Å²) in [6.45, 7) is 4.60. The first kappa shape index (κ1) is 45.2. The largest absolute Gasteiger partial charge is 0.468 e. The van der Waals surface area contributed by atoms with Crippen molar-refractivity contribution in [2.24, 2.45) is 0 Å². The van der Waals surface area contributed by atoms with Gasteiger partial charge in [0.25, 0.3) is 0 Å². The second kappa shape index (κ2) is 35.5. The van der Waals surface area contributed by atoms with Crippen LogP contribution in [-0.4, -0.2) is 61.7 Å². The molecule has 0 aliphatic heterocycles. The summed E-state index contributed by atoms with van der Waals surface area (Å²) in [5.74, 6) is -0.140. The van der Waals surface area contributed by atoms with Gasteiger partial charge in [-0.2, -0.15) is 11.8 Å². The van der Waals surface area contributed by atoms with E-state index in [9.17, 15) is 19.2 Å². The van der Waals surface area contributed by atoms with Crippen LogP contribution in [0.25, 0.3) is 0 Å². The minimum atomic E-state index is -0.487. The van der Waals surface area contributed by atoms with Crippen molar-refractivity contribution >= 4 is 35.6 Å². The van der Waals surface area contributed by atoms with E-state index in [1.165, 1.54) is 128 Å². The maximum absolute atomic E-state index is 12.6. The average Bonchev–Trinajstić information content (AvgIpc) is 3.06. The van der Waals surface area contributed by atoms with Crippen molar-refractivity contribution < 1.29 is 33.4 Å². The number of thioether (sulfide) groups is 1. The van der Waals surface area contributed by atoms with Gasteiger partial charge in [0, 0.05) is 24.3 Å². The lowest BCUT2D eigenvalue weighted by Gasteiger charge is -2.17. The van der Waals surface area contributed by atoms with E-state index in [0.717, 1.165) is 32.1 Å². The van der Waals surface area contributed by atoms with Crippen LogP contribution in [0.1, 0.15) is 181 Å². The van der Waals surface area contributed by atoms with Gasteiger partial charge in [-0.3, -0.25) is 19.2 Å². The molecule has 9 heteroatoms. The number of hydrogen-bond acceptors (Lipinski definition) is 8. The Morgan fingerprint density at radius 1 is 0.574 bits per heavy atom. The number of hydrogen-bond donors (Lipinski definition) is 1. The van der Waals surface area contributed by atoms with Gasteiger partial charge in [-0.1, -0.05) is 142 Å². The van der Waals surface area contributed by atoms with Crippen LogP contribution in [0.2, 0.25) is 0 Å². The molecule has 0 saturated heterocycles. The molecule has 1 amide bonds. The predicted molar refractivity (Wildman–Crippen MR) is 195 cm³/mol. The third-order valence-corrected chi connectivity index (χ3v) is 9.38. The number of rotatable bonds is 35. The first-order valence-corrected chi connectivity index (χ1v) is 20.3. The molecular weight excluding hydrogens is 614 g/mol. The number of nitrogens with one attached hydrogen (secondary N) is 1. The van der Waals surface area contributed by atoms with Gasteiger partial charge in [0.2, 0.25) is 5.91 Å². The maximum atomic E-state index is 12.6. The standard InChI is InChI=1S/C38H71NO7S/c1-4-6-8-10-12-14-15-16-17-19-21-23-25-27-36(41)46-34(26-24-22-20-18-13-11-9-7-5-2)32-37(42)45-29-31-47-30-28-35(40)39-33-38(43)44-3/h34H,4-33H2,1-3H3,(H,39,40)/t34-/m1/s1. The van der Waals surface area contributed by atoms with E-state index in [-0.39, 0.29) is 43.8 Å². The summed E-state index contributed by atoms with van der Waals surface area (Å²) < 4.78 is 15.7. The van der Waals surface area contributed by atoms with Gasteiger partial charge in [0.15, 0.2) is 0 Å². The Hall–Kier alpha value is -1.77. The Balaban J connectivity index is 4.25.